The van der Waals surface area contributed by atoms with Crippen LogP contribution in [0.3, 0.4) is 0 Å². The molecule has 15 heavy (non-hydrogen) atoms. The van der Waals surface area contributed by atoms with Gasteiger partial charge in [0.1, 0.15) is 10.8 Å². The van der Waals surface area contributed by atoms with E-state index in [9.17, 15) is 0 Å². The van der Waals surface area contributed by atoms with Crippen LogP contribution in [0.4, 0.5) is 0 Å². The highest BCUT2D eigenvalue weighted by Gasteiger charge is 2.26. The van der Waals surface area contributed by atoms with Gasteiger partial charge in [-0.3, -0.25) is 0 Å². The van der Waals surface area contributed by atoms with Gasteiger partial charge < -0.3 is 0 Å². The molecule has 0 amide bonds. The Morgan fingerprint density at radius 2 is 1.87 bits per heavy atom. The van der Waals surface area contributed by atoms with E-state index in [1.54, 1.807) is 17.5 Å². The number of rotatable bonds is 2. The third kappa shape index (κ3) is 1.94. The van der Waals surface area contributed by atoms with E-state index >= 15 is 0 Å². The maximum atomic E-state index is 4.37. The fourth-order valence-electron chi connectivity index (χ4n) is 1.39. The molecule has 1 fully saturated rings. The molecular formula is C10H8BrN3S. The first-order valence-corrected chi connectivity index (χ1v) is 6.37. The Kier molecular flexibility index (Phi) is 2.29. The minimum absolute atomic E-state index is 0.613. The molecule has 0 unspecified atom stereocenters. The first kappa shape index (κ1) is 9.42. The molecule has 3 rings (SSSR count). The lowest BCUT2D eigenvalue weighted by molar-refractivity contribution is 0.928. The molecule has 0 aromatic carbocycles. The standard InChI is InChI=1S/C10H8BrN3S/c11-8-5-14-10(15-8)7-3-12-9(13-4-7)6-1-2-6/h3-6H,1-2H2. The Balaban J connectivity index is 1.92. The van der Waals surface area contributed by atoms with Crippen LogP contribution < -0.4 is 0 Å². The molecule has 1 aliphatic carbocycles. The summed E-state index contributed by atoms with van der Waals surface area (Å²) >= 11 is 4.99. The zero-order valence-electron chi connectivity index (χ0n) is 7.85. The first-order valence-electron chi connectivity index (χ1n) is 4.76. The predicted octanol–water partition coefficient (Wildman–Crippen LogP) is 3.24. The van der Waals surface area contributed by atoms with Crippen LogP contribution in [-0.4, -0.2) is 15.0 Å². The number of aromatic nitrogens is 3. The number of hydrogen-bond donors (Lipinski definition) is 0. The molecule has 0 aliphatic heterocycles. The lowest BCUT2D eigenvalue weighted by atomic mass is 10.3. The number of nitrogens with zero attached hydrogens (tertiary/aromatic N) is 3. The van der Waals surface area contributed by atoms with Crippen LogP contribution in [0.25, 0.3) is 10.6 Å². The van der Waals surface area contributed by atoms with Gasteiger partial charge in [0.25, 0.3) is 0 Å². The summed E-state index contributed by atoms with van der Waals surface area (Å²) in [6.07, 6.45) is 8.01. The van der Waals surface area contributed by atoms with Gasteiger partial charge in [-0.15, -0.1) is 11.3 Å². The van der Waals surface area contributed by atoms with Gasteiger partial charge in [-0.1, -0.05) is 0 Å². The lowest BCUT2D eigenvalue weighted by Gasteiger charge is -1.97. The van der Waals surface area contributed by atoms with E-state index in [4.69, 9.17) is 0 Å². The quantitative estimate of drug-likeness (QED) is 0.848. The van der Waals surface area contributed by atoms with Gasteiger partial charge >= 0.3 is 0 Å². The van der Waals surface area contributed by atoms with Crippen molar-refractivity contribution in [3.8, 4) is 10.6 Å². The molecule has 5 heteroatoms. The van der Waals surface area contributed by atoms with E-state index in [0.717, 1.165) is 20.2 Å². The van der Waals surface area contributed by atoms with Crippen molar-refractivity contribution in [2.24, 2.45) is 0 Å². The maximum Gasteiger partial charge on any atom is 0.131 e. The minimum Gasteiger partial charge on any atom is -0.243 e. The molecule has 3 nitrogen and oxygen atoms in total. The van der Waals surface area contributed by atoms with E-state index in [1.807, 2.05) is 12.4 Å². The Labute approximate surface area is 99.7 Å². The minimum atomic E-state index is 0.613. The Morgan fingerprint density at radius 1 is 1.13 bits per heavy atom. The summed E-state index contributed by atoms with van der Waals surface area (Å²) in [5.74, 6) is 1.59. The van der Waals surface area contributed by atoms with Gasteiger partial charge in [-0.25, -0.2) is 15.0 Å². The Bertz CT molecular complexity index is 476. The van der Waals surface area contributed by atoms with Gasteiger partial charge in [-0.2, -0.15) is 0 Å². The monoisotopic (exact) mass is 281 g/mol. The number of thiazole rings is 1. The summed E-state index contributed by atoms with van der Waals surface area (Å²) in [5, 5.41) is 0.962. The van der Waals surface area contributed by atoms with E-state index in [0.29, 0.717) is 5.92 Å². The molecule has 2 heterocycles. The lowest BCUT2D eigenvalue weighted by Crippen LogP contribution is -1.91. The fraction of sp³-hybridized carbons (Fsp3) is 0.300. The average Bonchev–Trinajstić information content (AvgIpc) is 3.02. The predicted molar refractivity (Wildman–Crippen MR) is 62.8 cm³/mol. The molecule has 76 valence electrons. The topological polar surface area (TPSA) is 38.7 Å². The average molecular weight is 282 g/mol. The van der Waals surface area contributed by atoms with Crippen molar-refractivity contribution in [1.82, 2.24) is 15.0 Å². The normalized spacial score (nSPS) is 15.5. The van der Waals surface area contributed by atoms with Crippen molar-refractivity contribution in [3.05, 3.63) is 28.2 Å². The molecule has 2 aromatic rings. The SMILES string of the molecule is Brc1cnc(-c2cnc(C3CC3)nc2)s1. The molecule has 0 atom stereocenters. The van der Waals surface area contributed by atoms with Crippen molar-refractivity contribution >= 4 is 27.3 Å². The largest absolute Gasteiger partial charge is 0.243 e. The van der Waals surface area contributed by atoms with E-state index < -0.39 is 0 Å². The van der Waals surface area contributed by atoms with Gasteiger partial charge in [0, 0.05) is 23.9 Å². The van der Waals surface area contributed by atoms with Gasteiger partial charge in [0.15, 0.2) is 0 Å². The molecule has 0 N–H and O–H groups in total. The van der Waals surface area contributed by atoms with Crippen LogP contribution in [0.5, 0.6) is 0 Å². The third-order valence-electron chi connectivity index (χ3n) is 2.34. The van der Waals surface area contributed by atoms with Crippen molar-refractivity contribution in [2.45, 2.75) is 18.8 Å². The maximum absolute atomic E-state index is 4.37. The molecule has 0 radical (unpaired) electrons. The summed E-state index contributed by atoms with van der Waals surface area (Å²) in [5.41, 5.74) is 0.995. The van der Waals surface area contributed by atoms with E-state index in [1.165, 1.54) is 12.8 Å². The molecule has 2 aromatic heterocycles. The van der Waals surface area contributed by atoms with E-state index in [2.05, 4.69) is 30.9 Å². The summed E-state index contributed by atoms with van der Waals surface area (Å²) in [6, 6.07) is 0. The molecule has 0 spiro atoms. The van der Waals surface area contributed by atoms with Crippen LogP contribution in [-0.2, 0) is 0 Å². The fourth-order valence-corrected chi connectivity index (χ4v) is 2.57. The highest BCUT2D eigenvalue weighted by atomic mass is 79.9. The highest BCUT2D eigenvalue weighted by molar-refractivity contribution is 9.11. The second kappa shape index (κ2) is 3.64. The summed E-state index contributed by atoms with van der Waals surface area (Å²) in [4.78, 5) is 13.0. The van der Waals surface area contributed by atoms with Crippen molar-refractivity contribution in [2.75, 3.05) is 0 Å². The summed E-state index contributed by atoms with van der Waals surface area (Å²) in [6.45, 7) is 0. The zero-order valence-corrected chi connectivity index (χ0v) is 10.3. The van der Waals surface area contributed by atoms with Crippen molar-refractivity contribution in [1.29, 1.82) is 0 Å². The summed E-state index contributed by atoms with van der Waals surface area (Å²) in [7, 11) is 0. The van der Waals surface area contributed by atoms with E-state index in [-0.39, 0.29) is 0 Å². The zero-order chi connectivity index (χ0) is 10.3. The van der Waals surface area contributed by atoms with Crippen molar-refractivity contribution in [3.63, 3.8) is 0 Å². The number of halogens is 1. The Morgan fingerprint density at radius 3 is 2.40 bits per heavy atom. The summed E-state index contributed by atoms with van der Waals surface area (Å²) < 4.78 is 1.03. The third-order valence-corrected chi connectivity index (χ3v) is 3.86. The molecule has 1 saturated carbocycles. The highest BCUT2D eigenvalue weighted by Crippen LogP contribution is 2.38. The van der Waals surface area contributed by atoms with Crippen LogP contribution in [0.2, 0.25) is 0 Å². The molecule has 0 bridgehead atoms. The molecular weight excluding hydrogens is 274 g/mol. The smallest absolute Gasteiger partial charge is 0.131 e. The Hall–Kier alpha value is -0.810. The van der Waals surface area contributed by atoms with Crippen LogP contribution >= 0.6 is 27.3 Å². The van der Waals surface area contributed by atoms with Gasteiger partial charge in [0.05, 0.1) is 9.98 Å². The van der Waals surface area contributed by atoms with Crippen LogP contribution in [0.15, 0.2) is 22.4 Å². The molecule has 1 aliphatic rings. The number of hydrogen-bond acceptors (Lipinski definition) is 4. The van der Waals surface area contributed by atoms with Crippen LogP contribution in [0, 0.1) is 0 Å². The second-order valence-electron chi connectivity index (χ2n) is 3.57. The van der Waals surface area contributed by atoms with Crippen LogP contribution in [0.1, 0.15) is 24.6 Å². The molecule has 0 saturated heterocycles. The second-order valence-corrected chi connectivity index (χ2v) is 5.98. The van der Waals surface area contributed by atoms with Gasteiger partial charge in [0.2, 0.25) is 0 Å². The first-order chi connectivity index (χ1) is 7.33. The van der Waals surface area contributed by atoms with Gasteiger partial charge in [-0.05, 0) is 28.8 Å². The van der Waals surface area contributed by atoms with Crippen molar-refractivity contribution < 1.29 is 0 Å².